The maximum Gasteiger partial charge on any atom is 0.341 e. The number of esters is 1. The largest absolute Gasteiger partial charge is 0.456 e. The number of amides is 2. The number of fused-ring (bicyclic) bond motifs is 1. The summed E-state index contributed by atoms with van der Waals surface area (Å²) in [4.78, 5) is 40.3. The highest BCUT2D eigenvalue weighted by molar-refractivity contribution is 7.17. The number of rotatable bonds is 3. The molecule has 7 heteroatoms. The molecular formula is C22H32N2O4S. The first-order valence-electron chi connectivity index (χ1n) is 10.3. The van der Waals surface area contributed by atoms with Gasteiger partial charge in [0, 0.05) is 24.9 Å². The minimum Gasteiger partial charge on any atom is -0.456 e. The molecule has 1 fully saturated rings. The van der Waals surface area contributed by atoms with Gasteiger partial charge in [0.05, 0.1) is 11.5 Å². The molecule has 1 aliphatic carbocycles. The van der Waals surface area contributed by atoms with Crippen LogP contribution in [0.3, 0.4) is 0 Å². The Morgan fingerprint density at radius 3 is 2.52 bits per heavy atom. The van der Waals surface area contributed by atoms with Gasteiger partial charge in [0.1, 0.15) is 10.6 Å². The van der Waals surface area contributed by atoms with Crippen LogP contribution >= 0.6 is 11.3 Å². The van der Waals surface area contributed by atoms with Crippen LogP contribution in [0.15, 0.2) is 0 Å². The van der Waals surface area contributed by atoms with Gasteiger partial charge >= 0.3 is 5.97 Å². The van der Waals surface area contributed by atoms with E-state index < -0.39 is 5.60 Å². The highest BCUT2D eigenvalue weighted by Gasteiger charge is 2.36. The second kappa shape index (κ2) is 7.74. The normalized spacial score (nSPS) is 20.9. The van der Waals surface area contributed by atoms with Crippen LogP contribution in [0.4, 0.5) is 5.00 Å². The molecule has 0 unspecified atom stereocenters. The van der Waals surface area contributed by atoms with Crippen molar-refractivity contribution in [1.82, 2.24) is 4.90 Å². The molecule has 160 valence electrons. The van der Waals surface area contributed by atoms with Crippen molar-refractivity contribution in [1.29, 1.82) is 0 Å². The van der Waals surface area contributed by atoms with Crippen molar-refractivity contribution >= 4 is 34.1 Å². The molecule has 3 rings (SSSR count). The van der Waals surface area contributed by atoms with Crippen LogP contribution in [0.2, 0.25) is 0 Å². The first kappa shape index (κ1) is 21.8. The van der Waals surface area contributed by atoms with E-state index in [1.807, 2.05) is 20.8 Å². The summed E-state index contributed by atoms with van der Waals surface area (Å²) in [5.74, 6) is -0.761. The first-order valence-corrected chi connectivity index (χ1v) is 11.1. The van der Waals surface area contributed by atoms with E-state index >= 15 is 0 Å². The fourth-order valence-electron chi connectivity index (χ4n) is 4.01. The number of hydrogen-bond donors (Lipinski definition) is 1. The Bertz CT molecular complexity index is 835. The summed E-state index contributed by atoms with van der Waals surface area (Å²) >= 11 is 1.50. The SMILES string of the molecule is CC(=O)N1CC[C@@H](C(=O)Nc2sc3c(c2C(=O)OC(C)(C)C)CCC(C)(C)C3)C1. The van der Waals surface area contributed by atoms with Crippen molar-refractivity contribution in [2.24, 2.45) is 11.3 Å². The molecule has 2 aliphatic rings. The summed E-state index contributed by atoms with van der Waals surface area (Å²) in [6.45, 7) is 12.6. The van der Waals surface area contributed by atoms with Gasteiger partial charge in [0.15, 0.2) is 0 Å². The Labute approximate surface area is 177 Å². The summed E-state index contributed by atoms with van der Waals surface area (Å²) in [5, 5.41) is 3.59. The zero-order valence-electron chi connectivity index (χ0n) is 18.3. The molecular weight excluding hydrogens is 388 g/mol. The molecule has 0 bridgehead atoms. The van der Waals surface area contributed by atoms with E-state index in [0.717, 1.165) is 29.7 Å². The summed E-state index contributed by atoms with van der Waals surface area (Å²) in [6, 6.07) is 0. The van der Waals surface area contributed by atoms with E-state index in [0.29, 0.717) is 30.1 Å². The van der Waals surface area contributed by atoms with E-state index in [9.17, 15) is 14.4 Å². The number of anilines is 1. The summed E-state index contributed by atoms with van der Waals surface area (Å²) in [5.41, 5.74) is 1.12. The molecule has 0 aromatic carbocycles. The second-order valence-electron chi connectivity index (χ2n) is 9.99. The summed E-state index contributed by atoms with van der Waals surface area (Å²) in [7, 11) is 0. The molecule has 6 nitrogen and oxygen atoms in total. The molecule has 0 spiro atoms. The topological polar surface area (TPSA) is 75.7 Å². The first-order chi connectivity index (χ1) is 13.4. The average molecular weight is 421 g/mol. The Kier molecular flexibility index (Phi) is 5.82. The van der Waals surface area contributed by atoms with Gasteiger partial charge in [-0.2, -0.15) is 0 Å². The molecule has 2 amide bonds. The van der Waals surface area contributed by atoms with Gasteiger partial charge in [-0.1, -0.05) is 13.8 Å². The van der Waals surface area contributed by atoms with E-state index in [1.54, 1.807) is 4.90 Å². The summed E-state index contributed by atoms with van der Waals surface area (Å²) < 4.78 is 5.66. The maximum atomic E-state index is 13.0. The third-order valence-corrected chi connectivity index (χ3v) is 6.77. The molecule has 2 heterocycles. The maximum absolute atomic E-state index is 13.0. The molecule has 1 aromatic rings. The lowest BCUT2D eigenvalue weighted by atomic mass is 9.77. The third-order valence-electron chi connectivity index (χ3n) is 5.63. The van der Waals surface area contributed by atoms with Gasteiger partial charge < -0.3 is 15.0 Å². The van der Waals surface area contributed by atoms with E-state index in [4.69, 9.17) is 4.74 Å². The highest BCUT2D eigenvalue weighted by Crippen LogP contribution is 2.44. The number of ether oxygens (including phenoxy) is 1. The van der Waals surface area contributed by atoms with Crippen molar-refractivity contribution in [3.05, 3.63) is 16.0 Å². The number of nitrogens with one attached hydrogen (secondary N) is 1. The number of carbonyl (C=O) groups is 3. The van der Waals surface area contributed by atoms with Gasteiger partial charge in [-0.25, -0.2) is 4.79 Å². The third kappa shape index (κ3) is 5.00. The van der Waals surface area contributed by atoms with Crippen LogP contribution in [-0.2, 0) is 27.2 Å². The standard InChI is InChI=1S/C22H32N2O4S/c1-13(25)24-10-8-14(12-24)18(26)23-19-17(20(27)28-21(2,3)4)15-7-9-22(5,6)11-16(15)29-19/h14H,7-12H2,1-6H3,(H,23,26)/t14-/m1/s1. The minimum atomic E-state index is -0.603. The summed E-state index contributed by atoms with van der Waals surface area (Å²) in [6.07, 6.45) is 3.34. The van der Waals surface area contributed by atoms with Crippen LogP contribution in [0.1, 0.15) is 75.2 Å². The minimum absolute atomic E-state index is 0.0106. The molecule has 29 heavy (non-hydrogen) atoms. The van der Waals surface area contributed by atoms with Gasteiger partial charge in [0.25, 0.3) is 0 Å². The van der Waals surface area contributed by atoms with Crippen LogP contribution in [0.5, 0.6) is 0 Å². The van der Waals surface area contributed by atoms with Crippen molar-refractivity contribution in [3.63, 3.8) is 0 Å². The fraction of sp³-hybridized carbons (Fsp3) is 0.682. The predicted octanol–water partition coefficient (Wildman–Crippen LogP) is 4.03. The molecule has 1 atom stereocenters. The molecule has 1 aromatic heterocycles. The average Bonchev–Trinajstić information content (AvgIpc) is 3.16. The zero-order valence-corrected chi connectivity index (χ0v) is 19.1. The van der Waals surface area contributed by atoms with Crippen LogP contribution in [0.25, 0.3) is 0 Å². The number of nitrogens with zero attached hydrogens (tertiary/aromatic N) is 1. The molecule has 0 radical (unpaired) electrons. The predicted molar refractivity (Wildman–Crippen MR) is 114 cm³/mol. The van der Waals surface area contributed by atoms with E-state index in [-0.39, 0.29) is 29.1 Å². The number of thiophene rings is 1. The van der Waals surface area contributed by atoms with Crippen molar-refractivity contribution in [2.75, 3.05) is 18.4 Å². The van der Waals surface area contributed by atoms with Crippen molar-refractivity contribution < 1.29 is 19.1 Å². The Morgan fingerprint density at radius 1 is 1.24 bits per heavy atom. The fourth-order valence-corrected chi connectivity index (χ4v) is 5.51. The van der Waals surface area contributed by atoms with Crippen LogP contribution < -0.4 is 5.32 Å². The number of hydrogen-bond acceptors (Lipinski definition) is 5. The lowest BCUT2D eigenvalue weighted by Crippen LogP contribution is -2.30. The van der Waals surface area contributed by atoms with Gasteiger partial charge in [-0.3, -0.25) is 9.59 Å². The smallest absolute Gasteiger partial charge is 0.341 e. The molecule has 0 saturated carbocycles. The van der Waals surface area contributed by atoms with Gasteiger partial charge in [0.2, 0.25) is 11.8 Å². The highest BCUT2D eigenvalue weighted by atomic mass is 32.1. The molecule has 1 aliphatic heterocycles. The quantitative estimate of drug-likeness (QED) is 0.749. The monoisotopic (exact) mass is 420 g/mol. The van der Waals surface area contributed by atoms with Crippen molar-refractivity contribution in [3.8, 4) is 0 Å². The Balaban J connectivity index is 1.87. The number of carbonyl (C=O) groups excluding carboxylic acids is 3. The van der Waals surface area contributed by atoms with Gasteiger partial charge in [-0.05, 0) is 57.4 Å². The lowest BCUT2D eigenvalue weighted by molar-refractivity contribution is -0.128. The van der Waals surface area contributed by atoms with Crippen molar-refractivity contribution in [2.45, 2.75) is 72.8 Å². The van der Waals surface area contributed by atoms with E-state index in [2.05, 4.69) is 19.2 Å². The van der Waals surface area contributed by atoms with Gasteiger partial charge in [-0.15, -0.1) is 11.3 Å². The lowest BCUT2D eigenvalue weighted by Gasteiger charge is -2.29. The zero-order chi connectivity index (χ0) is 21.6. The van der Waals surface area contributed by atoms with Crippen LogP contribution in [-0.4, -0.2) is 41.4 Å². The van der Waals surface area contributed by atoms with Crippen LogP contribution in [0, 0.1) is 11.3 Å². The molecule has 1 N–H and O–H groups in total. The number of likely N-dealkylation sites (tertiary alicyclic amines) is 1. The second-order valence-corrected chi connectivity index (χ2v) is 11.1. The van der Waals surface area contributed by atoms with E-state index in [1.165, 1.54) is 18.3 Å². The Morgan fingerprint density at radius 2 is 1.93 bits per heavy atom. The molecule has 1 saturated heterocycles. The Hall–Kier alpha value is -1.89.